The normalized spacial score (nSPS) is 19.1. The van der Waals surface area contributed by atoms with Crippen molar-refractivity contribution >= 4 is 28.8 Å². The number of anilines is 2. The molecule has 2 heterocycles. The Hall–Kier alpha value is -4.20. The number of nitro groups is 1. The summed E-state index contributed by atoms with van der Waals surface area (Å²) >= 11 is 0. The number of furan rings is 1. The van der Waals surface area contributed by atoms with Crippen LogP contribution in [0.1, 0.15) is 68.7 Å². The number of carbonyl (C=O) groups excluding carboxylic acids is 2. The van der Waals surface area contributed by atoms with Crippen molar-refractivity contribution in [1.29, 1.82) is 0 Å². The van der Waals surface area contributed by atoms with Gasteiger partial charge in [0, 0.05) is 36.2 Å². The van der Waals surface area contributed by atoms with E-state index in [4.69, 9.17) is 4.42 Å². The summed E-state index contributed by atoms with van der Waals surface area (Å²) in [6.45, 7) is 2.09. The van der Waals surface area contributed by atoms with E-state index in [2.05, 4.69) is 12.2 Å². The standard InChI is InChI=1S/C29H29N3O5/c1-2-3-4-14-27(34)31-24-12-6-5-11-22(24)30-23-17-20(19-9-7-10-21(16-19)32(35)36)18-25(33)28(23)29(31)26-13-8-15-37-26/h5-13,15-16,20,29-30H,2-4,14,17-18H2,1H3/t20-,29+/m0/s1. The zero-order valence-corrected chi connectivity index (χ0v) is 20.7. The average Bonchev–Trinajstić information content (AvgIpc) is 3.38. The fraction of sp³-hybridized carbons (Fsp3) is 0.310. The molecule has 190 valence electrons. The van der Waals surface area contributed by atoms with Gasteiger partial charge in [-0.15, -0.1) is 0 Å². The van der Waals surface area contributed by atoms with Crippen LogP contribution in [0.5, 0.6) is 0 Å². The summed E-state index contributed by atoms with van der Waals surface area (Å²) in [5.41, 5.74) is 3.40. The molecule has 0 fully saturated rings. The van der Waals surface area contributed by atoms with Crippen LogP contribution in [0.2, 0.25) is 0 Å². The lowest BCUT2D eigenvalue weighted by Crippen LogP contribution is -2.38. The molecule has 0 spiro atoms. The maximum absolute atomic E-state index is 13.9. The van der Waals surface area contributed by atoms with Gasteiger partial charge in [0.1, 0.15) is 11.8 Å². The third-order valence-corrected chi connectivity index (χ3v) is 7.12. The molecule has 1 amide bonds. The summed E-state index contributed by atoms with van der Waals surface area (Å²) in [5, 5.41) is 14.8. The van der Waals surface area contributed by atoms with E-state index in [1.165, 1.54) is 6.07 Å². The number of ketones is 1. The van der Waals surface area contributed by atoms with Crippen LogP contribution in [0.3, 0.4) is 0 Å². The molecule has 0 saturated heterocycles. The highest BCUT2D eigenvalue weighted by atomic mass is 16.6. The number of non-ortho nitro benzene ring substituents is 1. The Kier molecular flexibility index (Phi) is 6.90. The van der Waals surface area contributed by atoms with Crippen LogP contribution >= 0.6 is 0 Å². The first-order valence-corrected chi connectivity index (χ1v) is 12.7. The van der Waals surface area contributed by atoms with E-state index in [-0.39, 0.29) is 29.7 Å². The predicted molar refractivity (Wildman–Crippen MR) is 140 cm³/mol. The van der Waals surface area contributed by atoms with Gasteiger partial charge in [0.25, 0.3) is 5.69 Å². The van der Waals surface area contributed by atoms with Gasteiger partial charge in [-0.1, -0.05) is 44.0 Å². The van der Waals surface area contributed by atoms with E-state index in [1.54, 1.807) is 35.4 Å². The SMILES string of the molecule is CCCCCC(=O)N1c2ccccc2NC2=C(C(=O)C[C@@H](c3cccc([N+](=O)[O-])c3)C2)[C@H]1c1ccco1. The number of para-hydroxylation sites is 2. The summed E-state index contributed by atoms with van der Waals surface area (Å²) in [7, 11) is 0. The zero-order chi connectivity index (χ0) is 25.9. The Bertz CT molecular complexity index is 1360. The van der Waals surface area contributed by atoms with Gasteiger partial charge in [0.05, 0.1) is 22.6 Å². The van der Waals surface area contributed by atoms with Crippen molar-refractivity contribution in [2.45, 2.75) is 57.4 Å². The summed E-state index contributed by atoms with van der Waals surface area (Å²) < 4.78 is 5.82. The number of unbranched alkanes of at least 4 members (excludes halogenated alkanes) is 2. The van der Waals surface area contributed by atoms with Gasteiger partial charge in [-0.2, -0.15) is 0 Å². The zero-order valence-electron chi connectivity index (χ0n) is 20.7. The van der Waals surface area contributed by atoms with Crippen LogP contribution in [0.15, 0.2) is 82.6 Å². The molecule has 1 aromatic heterocycles. The van der Waals surface area contributed by atoms with Crippen molar-refractivity contribution in [3.63, 3.8) is 0 Å². The monoisotopic (exact) mass is 499 g/mol. The largest absolute Gasteiger partial charge is 0.467 e. The lowest BCUT2D eigenvalue weighted by molar-refractivity contribution is -0.384. The molecular formula is C29H29N3O5. The molecule has 0 bridgehead atoms. The van der Waals surface area contributed by atoms with Gasteiger partial charge in [-0.25, -0.2) is 0 Å². The quantitative estimate of drug-likeness (QED) is 0.221. The third-order valence-electron chi connectivity index (χ3n) is 7.12. The first kappa shape index (κ1) is 24.5. The summed E-state index contributed by atoms with van der Waals surface area (Å²) in [6, 6.07) is 16.9. The molecule has 0 radical (unpaired) electrons. The van der Waals surface area contributed by atoms with Gasteiger partial charge < -0.3 is 9.73 Å². The lowest BCUT2D eigenvalue weighted by Gasteiger charge is -2.33. The number of nitrogens with one attached hydrogen (secondary N) is 1. The van der Waals surface area contributed by atoms with Crippen molar-refractivity contribution in [2.24, 2.45) is 0 Å². The van der Waals surface area contributed by atoms with Crippen molar-refractivity contribution in [3.8, 4) is 0 Å². The molecule has 5 rings (SSSR count). The summed E-state index contributed by atoms with van der Waals surface area (Å²) in [6.07, 6.45) is 5.30. The van der Waals surface area contributed by atoms with E-state index < -0.39 is 11.0 Å². The number of benzene rings is 2. The maximum Gasteiger partial charge on any atom is 0.269 e. The van der Waals surface area contributed by atoms with Crippen LogP contribution in [-0.2, 0) is 9.59 Å². The second kappa shape index (κ2) is 10.4. The first-order valence-electron chi connectivity index (χ1n) is 12.7. The molecule has 1 aliphatic carbocycles. The molecule has 0 unspecified atom stereocenters. The van der Waals surface area contributed by atoms with Crippen molar-refractivity contribution in [2.75, 3.05) is 10.2 Å². The van der Waals surface area contributed by atoms with E-state index in [0.717, 1.165) is 30.5 Å². The molecular weight excluding hydrogens is 470 g/mol. The van der Waals surface area contributed by atoms with Gasteiger partial charge in [0.15, 0.2) is 5.78 Å². The Morgan fingerprint density at radius 3 is 2.70 bits per heavy atom. The van der Waals surface area contributed by atoms with Crippen molar-refractivity contribution in [1.82, 2.24) is 0 Å². The Balaban J connectivity index is 1.62. The number of amides is 1. The Morgan fingerprint density at radius 2 is 1.95 bits per heavy atom. The Morgan fingerprint density at radius 1 is 1.11 bits per heavy atom. The van der Waals surface area contributed by atoms with E-state index >= 15 is 0 Å². The molecule has 8 heteroatoms. The molecule has 2 atom stereocenters. The van der Waals surface area contributed by atoms with Crippen LogP contribution in [0.4, 0.5) is 17.1 Å². The van der Waals surface area contributed by atoms with Crippen LogP contribution in [0, 0.1) is 10.1 Å². The number of hydrogen-bond acceptors (Lipinski definition) is 6. The predicted octanol–water partition coefficient (Wildman–Crippen LogP) is 6.67. The Labute approximate surface area is 215 Å². The number of Topliss-reactive ketones (excluding diaryl/α,β-unsaturated/α-hetero) is 1. The number of carbonyl (C=O) groups is 2. The molecule has 8 nitrogen and oxygen atoms in total. The molecule has 1 N–H and O–H groups in total. The second-order valence-electron chi connectivity index (χ2n) is 9.55. The fourth-order valence-electron chi connectivity index (χ4n) is 5.36. The molecule has 3 aromatic rings. The fourth-order valence-corrected chi connectivity index (χ4v) is 5.36. The third kappa shape index (κ3) is 4.79. The van der Waals surface area contributed by atoms with Gasteiger partial charge in [-0.3, -0.25) is 24.6 Å². The van der Waals surface area contributed by atoms with Gasteiger partial charge >= 0.3 is 0 Å². The van der Waals surface area contributed by atoms with E-state index in [9.17, 15) is 19.7 Å². The smallest absolute Gasteiger partial charge is 0.269 e. The number of hydrogen-bond donors (Lipinski definition) is 1. The van der Waals surface area contributed by atoms with Gasteiger partial charge in [-0.05, 0) is 48.6 Å². The number of nitro benzene ring substituents is 1. The molecule has 37 heavy (non-hydrogen) atoms. The number of nitrogens with zero attached hydrogens (tertiary/aromatic N) is 2. The van der Waals surface area contributed by atoms with E-state index in [1.807, 2.05) is 30.3 Å². The molecule has 1 aliphatic heterocycles. The van der Waals surface area contributed by atoms with Crippen LogP contribution in [-0.4, -0.2) is 16.6 Å². The minimum Gasteiger partial charge on any atom is -0.467 e. The molecule has 2 aromatic carbocycles. The topological polar surface area (TPSA) is 106 Å². The van der Waals surface area contributed by atoms with Crippen LogP contribution in [0.25, 0.3) is 0 Å². The average molecular weight is 500 g/mol. The lowest BCUT2D eigenvalue weighted by atomic mass is 9.79. The van der Waals surface area contributed by atoms with Crippen molar-refractivity contribution < 1.29 is 18.9 Å². The maximum atomic E-state index is 13.9. The van der Waals surface area contributed by atoms with E-state index in [0.29, 0.717) is 35.6 Å². The number of rotatable bonds is 7. The molecule has 0 saturated carbocycles. The minimum absolute atomic E-state index is 0.00112. The number of allylic oxidation sites excluding steroid dienone is 1. The highest BCUT2D eigenvalue weighted by molar-refractivity contribution is 6.06. The minimum atomic E-state index is -0.700. The van der Waals surface area contributed by atoms with Crippen molar-refractivity contribution in [3.05, 3.63) is 99.6 Å². The highest BCUT2D eigenvalue weighted by Gasteiger charge is 2.42. The van der Waals surface area contributed by atoms with Gasteiger partial charge in [0.2, 0.25) is 5.91 Å². The molecule has 2 aliphatic rings. The second-order valence-corrected chi connectivity index (χ2v) is 9.55. The first-order chi connectivity index (χ1) is 18.0. The number of fused-ring (bicyclic) bond motifs is 1. The summed E-state index contributed by atoms with van der Waals surface area (Å²) in [4.78, 5) is 40.2. The summed E-state index contributed by atoms with van der Waals surface area (Å²) in [5.74, 6) is 0.129. The van der Waals surface area contributed by atoms with Crippen LogP contribution < -0.4 is 10.2 Å². The highest BCUT2D eigenvalue weighted by Crippen LogP contribution is 2.47.